The van der Waals surface area contributed by atoms with Gasteiger partial charge >= 0.3 is 0 Å². The molecule has 0 saturated carbocycles. The molecule has 0 aromatic heterocycles. The van der Waals surface area contributed by atoms with Crippen LogP contribution in [0.5, 0.6) is 0 Å². The molecule has 1 aliphatic rings. The zero-order chi connectivity index (χ0) is 13.7. The van der Waals surface area contributed by atoms with E-state index in [0.717, 1.165) is 39.1 Å². The summed E-state index contributed by atoms with van der Waals surface area (Å²) in [6.07, 6.45) is 0.781. The van der Waals surface area contributed by atoms with Crippen LogP contribution in [0.3, 0.4) is 0 Å². The van der Waals surface area contributed by atoms with Gasteiger partial charge in [-0.05, 0) is 18.6 Å². The van der Waals surface area contributed by atoms with E-state index in [9.17, 15) is 4.39 Å². The fourth-order valence-electron chi connectivity index (χ4n) is 2.39. The maximum absolute atomic E-state index is 13.6. The second-order valence-electron chi connectivity index (χ2n) is 4.65. The third-order valence-corrected chi connectivity index (χ3v) is 3.45. The van der Waals surface area contributed by atoms with E-state index in [4.69, 9.17) is 10.4 Å². The van der Waals surface area contributed by atoms with Gasteiger partial charge in [-0.2, -0.15) is 5.26 Å². The number of aliphatic hydroxyl groups excluding tert-OH is 1. The van der Waals surface area contributed by atoms with E-state index in [1.54, 1.807) is 12.1 Å². The molecule has 0 unspecified atom stereocenters. The molecule has 1 N–H and O–H groups in total. The summed E-state index contributed by atoms with van der Waals surface area (Å²) in [5, 5.41) is 17.9. The molecule has 1 fully saturated rings. The van der Waals surface area contributed by atoms with Crippen LogP contribution >= 0.6 is 0 Å². The maximum Gasteiger partial charge on any atom is 0.143 e. The number of rotatable bonds is 4. The summed E-state index contributed by atoms with van der Waals surface area (Å²) in [5.74, 6) is -0.456. The number of hydrogen-bond donors (Lipinski definition) is 1. The van der Waals surface area contributed by atoms with Crippen molar-refractivity contribution in [3.8, 4) is 6.07 Å². The van der Waals surface area contributed by atoms with Gasteiger partial charge in [-0.15, -0.1) is 0 Å². The van der Waals surface area contributed by atoms with Crippen molar-refractivity contribution in [1.29, 1.82) is 5.26 Å². The Kier molecular flexibility index (Phi) is 4.72. The number of piperazine rings is 1. The predicted octanol–water partition coefficient (Wildman–Crippen LogP) is 1.20. The molecule has 1 aliphatic heterocycles. The van der Waals surface area contributed by atoms with Gasteiger partial charge < -0.3 is 10.0 Å². The van der Waals surface area contributed by atoms with Crippen molar-refractivity contribution >= 4 is 5.69 Å². The van der Waals surface area contributed by atoms with Gasteiger partial charge in [-0.1, -0.05) is 6.07 Å². The highest BCUT2D eigenvalue weighted by molar-refractivity contribution is 5.60. The lowest BCUT2D eigenvalue weighted by atomic mass is 10.1. The molecular formula is C14H18FN3O. The minimum Gasteiger partial charge on any atom is -0.396 e. The maximum atomic E-state index is 13.6. The smallest absolute Gasteiger partial charge is 0.143 e. The van der Waals surface area contributed by atoms with Gasteiger partial charge in [0.05, 0.1) is 5.69 Å². The largest absolute Gasteiger partial charge is 0.396 e. The Hall–Kier alpha value is -1.64. The summed E-state index contributed by atoms with van der Waals surface area (Å²) in [6.45, 7) is 4.41. The first-order valence-corrected chi connectivity index (χ1v) is 6.53. The quantitative estimate of drug-likeness (QED) is 0.887. The van der Waals surface area contributed by atoms with Crippen molar-refractivity contribution in [2.24, 2.45) is 0 Å². The molecule has 2 rings (SSSR count). The van der Waals surface area contributed by atoms with Crippen molar-refractivity contribution in [3.63, 3.8) is 0 Å². The van der Waals surface area contributed by atoms with Crippen LogP contribution in [0.1, 0.15) is 12.0 Å². The van der Waals surface area contributed by atoms with Crippen molar-refractivity contribution in [2.45, 2.75) is 6.42 Å². The van der Waals surface area contributed by atoms with Crippen LogP contribution < -0.4 is 4.90 Å². The topological polar surface area (TPSA) is 50.5 Å². The molecule has 0 spiro atoms. The minimum atomic E-state index is -0.456. The highest BCUT2D eigenvalue weighted by atomic mass is 19.1. The highest BCUT2D eigenvalue weighted by Crippen LogP contribution is 2.23. The zero-order valence-electron chi connectivity index (χ0n) is 10.8. The summed E-state index contributed by atoms with van der Waals surface area (Å²) < 4.78 is 13.6. The number of anilines is 1. The molecule has 4 nitrogen and oxygen atoms in total. The highest BCUT2D eigenvalue weighted by Gasteiger charge is 2.20. The Morgan fingerprint density at radius 2 is 2.00 bits per heavy atom. The summed E-state index contributed by atoms with van der Waals surface area (Å²) in [7, 11) is 0. The molecule has 0 aliphatic carbocycles. The van der Waals surface area contributed by atoms with Crippen molar-refractivity contribution in [3.05, 3.63) is 29.6 Å². The monoisotopic (exact) mass is 263 g/mol. The summed E-state index contributed by atoms with van der Waals surface area (Å²) in [4.78, 5) is 4.33. The van der Waals surface area contributed by atoms with E-state index >= 15 is 0 Å². The lowest BCUT2D eigenvalue weighted by Crippen LogP contribution is -2.47. The molecular weight excluding hydrogens is 245 g/mol. The Morgan fingerprint density at radius 1 is 1.26 bits per heavy atom. The summed E-state index contributed by atoms with van der Waals surface area (Å²) >= 11 is 0. The standard InChI is InChI=1S/C14H18FN3O/c15-13-3-1-4-14(12(13)11-16)18-8-6-17(7-9-18)5-2-10-19/h1,3-4,19H,2,5-10H2. The van der Waals surface area contributed by atoms with E-state index in [0.29, 0.717) is 5.69 Å². The Morgan fingerprint density at radius 3 is 2.63 bits per heavy atom. The number of nitriles is 1. The zero-order valence-corrected chi connectivity index (χ0v) is 10.8. The molecule has 1 saturated heterocycles. The Labute approximate surface area is 112 Å². The molecule has 1 aromatic rings. The van der Waals surface area contributed by atoms with Crippen LogP contribution in [-0.2, 0) is 0 Å². The number of aliphatic hydroxyl groups is 1. The summed E-state index contributed by atoms with van der Waals surface area (Å²) in [5.41, 5.74) is 0.815. The molecule has 0 amide bonds. The fourth-order valence-corrected chi connectivity index (χ4v) is 2.39. The van der Waals surface area contributed by atoms with Crippen LogP contribution in [0.4, 0.5) is 10.1 Å². The first-order valence-electron chi connectivity index (χ1n) is 6.53. The average molecular weight is 263 g/mol. The molecule has 19 heavy (non-hydrogen) atoms. The molecule has 5 heteroatoms. The van der Waals surface area contributed by atoms with Gasteiger partial charge in [-0.3, -0.25) is 4.90 Å². The first kappa shape index (κ1) is 13.8. The van der Waals surface area contributed by atoms with Crippen LogP contribution in [0.15, 0.2) is 18.2 Å². The lowest BCUT2D eigenvalue weighted by molar-refractivity contribution is 0.216. The number of halogens is 1. The van der Waals surface area contributed by atoms with E-state index < -0.39 is 5.82 Å². The number of nitrogens with zero attached hydrogens (tertiary/aromatic N) is 3. The molecule has 0 atom stereocenters. The average Bonchev–Trinajstić information content (AvgIpc) is 2.45. The van der Waals surface area contributed by atoms with Gasteiger partial charge in [0.2, 0.25) is 0 Å². The van der Waals surface area contributed by atoms with Crippen molar-refractivity contribution < 1.29 is 9.50 Å². The normalized spacial score (nSPS) is 16.4. The molecule has 0 bridgehead atoms. The minimum absolute atomic E-state index is 0.131. The Bertz CT molecular complexity index is 464. The predicted molar refractivity (Wildman–Crippen MR) is 71.5 cm³/mol. The van der Waals surface area contributed by atoms with Crippen LogP contribution in [0.2, 0.25) is 0 Å². The van der Waals surface area contributed by atoms with E-state index in [-0.39, 0.29) is 12.2 Å². The molecule has 1 heterocycles. The van der Waals surface area contributed by atoms with Crippen molar-refractivity contribution in [2.75, 3.05) is 44.2 Å². The van der Waals surface area contributed by atoms with Gasteiger partial charge in [0.25, 0.3) is 0 Å². The SMILES string of the molecule is N#Cc1c(F)cccc1N1CCN(CCCO)CC1. The molecule has 0 radical (unpaired) electrons. The van der Waals surface area contributed by atoms with E-state index in [1.165, 1.54) is 6.07 Å². The lowest BCUT2D eigenvalue weighted by Gasteiger charge is -2.36. The van der Waals surface area contributed by atoms with Crippen LogP contribution in [-0.4, -0.2) is 49.3 Å². The molecule has 102 valence electrons. The fraction of sp³-hybridized carbons (Fsp3) is 0.500. The first-order chi connectivity index (χ1) is 9.26. The Balaban J connectivity index is 2.02. The number of hydrogen-bond acceptors (Lipinski definition) is 4. The second kappa shape index (κ2) is 6.50. The van der Waals surface area contributed by atoms with Gasteiger partial charge in [0.15, 0.2) is 0 Å². The van der Waals surface area contributed by atoms with E-state index in [2.05, 4.69) is 9.80 Å². The van der Waals surface area contributed by atoms with Gasteiger partial charge in [0, 0.05) is 39.3 Å². The third-order valence-electron chi connectivity index (χ3n) is 3.45. The number of benzene rings is 1. The van der Waals surface area contributed by atoms with Crippen LogP contribution in [0.25, 0.3) is 0 Å². The van der Waals surface area contributed by atoms with Crippen molar-refractivity contribution in [1.82, 2.24) is 4.90 Å². The van der Waals surface area contributed by atoms with E-state index in [1.807, 2.05) is 6.07 Å². The van der Waals surface area contributed by atoms with Crippen LogP contribution in [0, 0.1) is 17.1 Å². The van der Waals surface area contributed by atoms with Gasteiger partial charge in [0.1, 0.15) is 17.4 Å². The summed E-state index contributed by atoms with van der Waals surface area (Å²) in [6, 6.07) is 6.70. The second-order valence-corrected chi connectivity index (χ2v) is 4.65. The molecule has 1 aromatic carbocycles. The van der Waals surface area contributed by atoms with Gasteiger partial charge in [-0.25, -0.2) is 4.39 Å². The third kappa shape index (κ3) is 3.22.